The van der Waals surface area contributed by atoms with E-state index in [0.717, 1.165) is 22.0 Å². The summed E-state index contributed by atoms with van der Waals surface area (Å²) in [5, 5.41) is 27.5. The van der Waals surface area contributed by atoms with E-state index in [0.29, 0.717) is 0 Å². The molecule has 1 heterocycles. The van der Waals surface area contributed by atoms with Gasteiger partial charge in [-0.1, -0.05) is 48.5 Å². The molecular formula is C27H33N5O6. The van der Waals surface area contributed by atoms with Gasteiger partial charge in [-0.25, -0.2) is 0 Å². The Morgan fingerprint density at radius 1 is 0.868 bits per heavy atom. The Bertz CT molecular complexity index is 1280. The molecule has 0 aliphatic rings. The maximum Gasteiger partial charge on any atom is 0.325 e. The maximum absolute atomic E-state index is 13.4. The summed E-state index contributed by atoms with van der Waals surface area (Å²) < 4.78 is 0. The number of carbonyl (C=O) groups is 4. The molecule has 0 saturated heterocycles. The van der Waals surface area contributed by atoms with Gasteiger partial charge in [0.1, 0.15) is 18.1 Å². The Balaban J connectivity index is 1.81. The van der Waals surface area contributed by atoms with E-state index in [1.807, 2.05) is 54.6 Å². The smallest absolute Gasteiger partial charge is 0.325 e. The number of nitrogens with two attached hydrogens (primary N) is 1. The fraction of sp³-hybridized carbons (Fsp3) is 0.333. The predicted molar refractivity (Wildman–Crippen MR) is 141 cm³/mol. The van der Waals surface area contributed by atoms with E-state index in [1.165, 1.54) is 13.8 Å². The molecule has 0 bridgehead atoms. The molecule has 11 heteroatoms. The number of fused-ring (bicyclic) bond motifs is 1. The van der Waals surface area contributed by atoms with Crippen LogP contribution in [0.3, 0.4) is 0 Å². The number of hydrogen-bond donors (Lipinski definition) is 7. The Labute approximate surface area is 219 Å². The largest absolute Gasteiger partial charge is 0.480 e. The number of hydrogen-bond acceptors (Lipinski definition) is 6. The highest BCUT2D eigenvalue weighted by Crippen LogP contribution is 2.19. The molecule has 0 saturated carbocycles. The van der Waals surface area contributed by atoms with Gasteiger partial charge >= 0.3 is 5.97 Å². The monoisotopic (exact) mass is 523 g/mol. The number of aromatic amines is 1. The van der Waals surface area contributed by atoms with E-state index < -0.39 is 54.0 Å². The minimum atomic E-state index is -1.45. The first-order valence-electron chi connectivity index (χ1n) is 12.2. The number of H-pyrrole nitrogens is 1. The number of benzene rings is 2. The standard InChI is InChI=1S/C27H33N5O6/c1-15(27(37)38)30-26(36)23(16(2)33)32-25(35)22(13-18-14-29-21-11-7-6-10-19(18)21)31-24(34)20(28)12-17-8-4-3-5-9-17/h3-11,14-16,20,22-23,29,33H,12-13,28H2,1-2H3,(H,30,36)(H,31,34)(H,32,35)(H,37,38). The van der Waals surface area contributed by atoms with Crippen LogP contribution >= 0.6 is 0 Å². The highest BCUT2D eigenvalue weighted by atomic mass is 16.4. The van der Waals surface area contributed by atoms with Gasteiger partial charge in [-0.2, -0.15) is 0 Å². The molecule has 0 aliphatic carbocycles. The average Bonchev–Trinajstić information content (AvgIpc) is 3.29. The molecule has 0 radical (unpaired) electrons. The van der Waals surface area contributed by atoms with Crippen LogP contribution in [0.2, 0.25) is 0 Å². The normalized spacial score (nSPS) is 15.1. The van der Waals surface area contributed by atoms with Crippen LogP contribution in [0.1, 0.15) is 25.0 Å². The number of aliphatic hydroxyl groups is 1. The number of nitrogens with one attached hydrogen (secondary N) is 4. The van der Waals surface area contributed by atoms with E-state index in [4.69, 9.17) is 10.8 Å². The Morgan fingerprint density at radius 3 is 2.18 bits per heavy atom. The van der Waals surface area contributed by atoms with Crippen LogP contribution < -0.4 is 21.7 Å². The summed E-state index contributed by atoms with van der Waals surface area (Å²) in [6.07, 6.45) is 0.706. The van der Waals surface area contributed by atoms with Crippen LogP contribution in [0.25, 0.3) is 10.9 Å². The molecule has 1 aromatic heterocycles. The lowest BCUT2D eigenvalue weighted by molar-refractivity contribution is -0.142. The SMILES string of the molecule is CC(NC(=O)C(NC(=O)C(Cc1c[nH]c2ccccc12)NC(=O)C(N)Cc1ccccc1)C(C)O)C(=O)O. The van der Waals surface area contributed by atoms with Gasteiger partial charge in [-0.15, -0.1) is 0 Å². The highest BCUT2D eigenvalue weighted by Gasteiger charge is 2.32. The molecular weight excluding hydrogens is 490 g/mol. The van der Waals surface area contributed by atoms with Gasteiger partial charge in [-0.3, -0.25) is 19.2 Å². The van der Waals surface area contributed by atoms with E-state index in [1.54, 1.807) is 6.20 Å². The number of carbonyl (C=O) groups excluding carboxylic acids is 3. The highest BCUT2D eigenvalue weighted by molar-refractivity contribution is 5.95. The van der Waals surface area contributed by atoms with Crippen molar-refractivity contribution in [2.24, 2.45) is 5.73 Å². The fourth-order valence-corrected chi connectivity index (χ4v) is 3.99. The third kappa shape index (κ3) is 7.40. The molecule has 0 aliphatic heterocycles. The van der Waals surface area contributed by atoms with Gasteiger partial charge in [0, 0.05) is 23.5 Å². The summed E-state index contributed by atoms with van der Waals surface area (Å²) in [5.74, 6) is -3.45. The van der Waals surface area contributed by atoms with Gasteiger partial charge in [0.05, 0.1) is 12.1 Å². The topological polar surface area (TPSA) is 187 Å². The fourth-order valence-electron chi connectivity index (χ4n) is 3.99. The number of aromatic nitrogens is 1. The molecule has 5 atom stereocenters. The predicted octanol–water partition coefficient (Wildman–Crippen LogP) is 0.220. The zero-order chi connectivity index (χ0) is 27.8. The second kappa shape index (κ2) is 12.8. The zero-order valence-corrected chi connectivity index (χ0v) is 21.2. The van der Waals surface area contributed by atoms with Crippen molar-refractivity contribution in [3.63, 3.8) is 0 Å². The molecule has 3 amide bonds. The molecule has 3 aromatic rings. The van der Waals surface area contributed by atoms with Gasteiger partial charge in [0.25, 0.3) is 0 Å². The van der Waals surface area contributed by atoms with Crippen molar-refractivity contribution in [1.82, 2.24) is 20.9 Å². The molecule has 0 spiro atoms. The summed E-state index contributed by atoms with van der Waals surface area (Å²) in [7, 11) is 0. The minimum Gasteiger partial charge on any atom is -0.480 e. The van der Waals surface area contributed by atoms with E-state index in [9.17, 15) is 24.3 Å². The molecule has 5 unspecified atom stereocenters. The number of carboxylic acid groups (broad SMARTS) is 1. The van der Waals surface area contributed by atoms with Crippen LogP contribution in [0.5, 0.6) is 0 Å². The van der Waals surface area contributed by atoms with Crippen LogP contribution in [0.15, 0.2) is 60.8 Å². The third-order valence-corrected chi connectivity index (χ3v) is 6.16. The summed E-state index contributed by atoms with van der Waals surface area (Å²) >= 11 is 0. The first kappa shape index (κ1) is 28.4. The number of amides is 3. The Hall–Kier alpha value is -4.22. The van der Waals surface area contributed by atoms with Crippen molar-refractivity contribution >= 4 is 34.6 Å². The third-order valence-electron chi connectivity index (χ3n) is 6.16. The van der Waals surface area contributed by atoms with E-state index >= 15 is 0 Å². The summed E-state index contributed by atoms with van der Waals surface area (Å²) in [6.45, 7) is 2.55. The van der Waals surface area contributed by atoms with Crippen molar-refractivity contribution in [3.8, 4) is 0 Å². The van der Waals surface area contributed by atoms with Gasteiger partial charge in [0.15, 0.2) is 0 Å². The van der Waals surface area contributed by atoms with Gasteiger partial charge in [0.2, 0.25) is 17.7 Å². The quantitative estimate of drug-likeness (QED) is 0.177. The average molecular weight is 524 g/mol. The molecule has 11 nitrogen and oxygen atoms in total. The van der Waals surface area contributed by atoms with Crippen molar-refractivity contribution in [3.05, 3.63) is 71.9 Å². The number of rotatable bonds is 12. The lowest BCUT2D eigenvalue weighted by Gasteiger charge is -2.26. The number of aliphatic hydroxyl groups excluding tert-OH is 1. The summed E-state index contributed by atoms with van der Waals surface area (Å²) in [4.78, 5) is 53.3. The Morgan fingerprint density at radius 2 is 1.53 bits per heavy atom. The van der Waals surface area contributed by atoms with Crippen molar-refractivity contribution in [2.75, 3.05) is 0 Å². The first-order valence-corrected chi connectivity index (χ1v) is 12.2. The van der Waals surface area contributed by atoms with Crippen molar-refractivity contribution < 1.29 is 29.4 Å². The van der Waals surface area contributed by atoms with E-state index in [-0.39, 0.29) is 12.8 Å². The van der Waals surface area contributed by atoms with Crippen LogP contribution in [0, 0.1) is 0 Å². The molecule has 8 N–H and O–H groups in total. The maximum atomic E-state index is 13.4. The summed E-state index contributed by atoms with van der Waals surface area (Å²) in [6, 6.07) is 11.9. The van der Waals surface area contributed by atoms with E-state index in [2.05, 4.69) is 20.9 Å². The molecule has 2 aromatic carbocycles. The van der Waals surface area contributed by atoms with Crippen molar-refractivity contribution in [1.29, 1.82) is 0 Å². The number of carboxylic acids is 1. The lowest BCUT2D eigenvalue weighted by atomic mass is 10.0. The van der Waals surface area contributed by atoms with Crippen LogP contribution in [-0.4, -0.2) is 69.2 Å². The van der Waals surface area contributed by atoms with Crippen LogP contribution in [0.4, 0.5) is 0 Å². The lowest BCUT2D eigenvalue weighted by Crippen LogP contribution is -2.60. The van der Waals surface area contributed by atoms with Crippen LogP contribution in [-0.2, 0) is 32.0 Å². The van der Waals surface area contributed by atoms with Gasteiger partial charge < -0.3 is 36.9 Å². The number of aliphatic carboxylic acids is 1. The number of para-hydroxylation sites is 1. The molecule has 38 heavy (non-hydrogen) atoms. The molecule has 3 rings (SSSR count). The first-order chi connectivity index (χ1) is 18.1. The summed E-state index contributed by atoms with van der Waals surface area (Å²) in [5.41, 5.74) is 8.58. The second-order valence-electron chi connectivity index (χ2n) is 9.22. The molecule has 0 fully saturated rings. The minimum absolute atomic E-state index is 0.0688. The second-order valence-corrected chi connectivity index (χ2v) is 9.22. The van der Waals surface area contributed by atoms with Crippen molar-refractivity contribution in [2.45, 2.75) is 57.0 Å². The van der Waals surface area contributed by atoms with Gasteiger partial charge in [-0.05, 0) is 37.5 Å². The zero-order valence-electron chi connectivity index (χ0n) is 21.2. The Kier molecular flexibility index (Phi) is 9.58. The molecule has 202 valence electrons.